The zero-order valence-corrected chi connectivity index (χ0v) is 13.7. The number of hydrogen-bond acceptors (Lipinski definition) is 4. The van der Waals surface area contributed by atoms with E-state index >= 15 is 0 Å². The van der Waals surface area contributed by atoms with Crippen molar-refractivity contribution < 1.29 is 8.42 Å². The van der Waals surface area contributed by atoms with E-state index in [9.17, 15) is 8.42 Å². The molecule has 0 amide bonds. The Morgan fingerprint density at radius 2 is 2.00 bits per heavy atom. The molecule has 0 unspecified atom stereocenters. The summed E-state index contributed by atoms with van der Waals surface area (Å²) in [5, 5.41) is 5.16. The molecule has 19 heavy (non-hydrogen) atoms. The SMILES string of the molecule is CCCNCc1csc(S(=O)(=O)NCC(C)(C)C)c1. The predicted molar refractivity (Wildman–Crippen MR) is 81.0 cm³/mol. The van der Waals surface area contributed by atoms with E-state index in [0.29, 0.717) is 10.8 Å². The first-order valence-electron chi connectivity index (χ1n) is 6.52. The van der Waals surface area contributed by atoms with E-state index in [0.717, 1.165) is 25.1 Å². The van der Waals surface area contributed by atoms with Crippen LogP contribution in [0.4, 0.5) is 0 Å². The van der Waals surface area contributed by atoms with Crippen molar-refractivity contribution in [2.45, 2.75) is 44.9 Å². The molecule has 0 aliphatic heterocycles. The van der Waals surface area contributed by atoms with Crippen LogP contribution >= 0.6 is 11.3 Å². The van der Waals surface area contributed by atoms with Crippen molar-refractivity contribution in [1.29, 1.82) is 0 Å². The molecule has 110 valence electrons. The van der Waals surface area contributed by atoms with Crippen molar-refractivity contribution in [2.24, 2.45) is 5.41 Å². The zero-order chi connectivity index (χ0) is 14.5. The predicted octanol–water partition coefficient (Wildman–Crippen LogP) is 2.57. The van der Waals surface area contributed by atoms with Crippen molar-refractivity contribution in [2.75, 3.05) is 13.1 Å². The van der Waals surface area contributed by atoms with Crippen molar-refractivity contribution >= 4 is 21.4 Å². The van der Waals surface area contributed by atoms with Crippen molar-refractivity contribution in [3.8, 4) is 0 Å². The summed E-state index contributed by atoms with van der Waals surface area (Å²) in [5.74, 6) is 0. The van der Waals surface area contributed by atoms with Gasteiger partial charge in [-0.3, -0.25) is 0 Å². The van der Waals surface area contributed by atoms with Gasteiger partial charge in [-0.2, -0.15) is 0 Å². The molecule has 0 atom stereocenters. The van der Waals surface area contributed by atoms with Crippen LogP contribution in [0.25, 0.3) is 0 Å². The van der Waals surface area contributed by atoms with Crippen LogP contribution in [0.1, 0.15) is 39.7 Å². The largest absolute Gasteiger partial charge is 0.313 e. The van der Waals surface area contributed by atoms with Gasteiger partial charge in [0, 0.05) is 13.1 Å². The molecule has 1 rings (SSSR count). The third kappa shape index (κ3) is 6.03. The summed E-state index contributed by atoms with van der Waals surface area (Å²) >= 11 is 1.27. The van der Waals surface area contributed by atoms with Gasteiger partial charge in [0.1, 0.15) is 4.21 Å². The van der Waals surface area contributed by atoms with Gasteiger partial charge in [0.2, 0.25) is 10.0 Å². The Hall–Kier alpha value is -0.430. The molecule has 2 N–H and O–H groups in total. The lowest BCUT2D eigenvalue weighted by Gasteiger charge is -2.18. The topological polar surface area (TPSA) is 58.2 Å². The van der Waals surface area contributed by atoms with Crippen molar-refractivity contribution in [3.05, 3.63) is 17.0 Å². The third-order valence-corrected chi connectivity index (χ3v) is 5.33. The summed E-state index contributed by atoms with van der Waals surface area (Å²) < 4.78 is 27.3. The first kappa shape index (κ1) is 16.6. The molecule has 0 aromatic carbocycles. The minimum Gasteiger partial charge on any atom is -0.313 e. The lowest BCUT2D eigenvalue weighted by atomic mass is 9.98. The van der Waals surface area contributed by atoms with Gasteiger partial charge in [-0.05, 0) is 35.4 Å². The number of sulfonamides is 1. The lowest BCUT2D eigenvalue weighted by Crippen LogP contribution is -2.31. The summed E-state index contributed by atoms with van der Waals surface area (Å²) in [4.78, 5) is 0. The highest BCUT2D eigenvalue weighted by Gasteiger charge is 2.20. The molecule has 0 saturated carbocycles. The van der Waals surface area contributed by atoms with Gasteiger partial charge >= 0.3 is 0 Å². The molecule has 0 spiro atoms. The molecule has 0 aliphatic carbocycles. The first-order valence-corrected chi connectivity index (χ1v) is 8.89. The Balaban J connectivity index is 2.64. The van der Waals surface area contributed by atoms with E-state index in [-0.39, 0.29) is 5.41 Å². The molecular weight excluding hydrogens is 280 g/mol. The highest BCUT2D eigenvalue weighted by atomic mass is 32.2. The van der Waals surface area contributed by atoms with Crippen LogP contribution in [0.15, 0.2) is 15.7 Å². The molecule has 6 heteroatoms. The fraction of sp³-hybridized carbons (Fsp3) is 0.692. The van der Waals surface area contributed by atoms with Gasteiger partial charge in [0.05, 0.1) is 0 Å². The highest BCUT2D eigenvalue weighted by molar-refractivity contribution is 7.91. The van der Waals surface area contributed by atoms with Crippen LogP contribution < -0.4 is 10.0 Å². The number of hydrogen-bond donors (Lipinski definition) is 2. The molecule has 0 bridgehead atoms. The Morgan fingerprint density at radius 1 is 1.32 bits per heavy atom. The molecular formula is C13H24N2O2S2. The maximum atomic E-state index is 12.1. The summed E-state index contributed by atoms with van der Waals surface area (Å²) in [6, 6.07) is 1.75. The second-order valence-corrected chi connectivity index (χ2v) is 8.74. The molecule has 1 aromatic heterocycles. The third-order valence-electron chi connectivity index (χ3n) is 2.44. The summed E-state index contributed by atoms with van der Waals surface area (Å²) in [7, 11) is -3.36. The summed E-state index contributed by atoms with van der Waals surface area (Å²) in [6.07, 6.45) is 1.07. The quantitative estimate of drug-likeness (QED) is 0.761. The maximum absolute atomic E-state index is 12.1. The van der Waals surface area contributed by atoms with E-state index in [4.69, 9.17) is 0 Å². The minimum absolute atomic E-state index is 0.0597. The molecule has 0 fully saturated rings. The Kier molecular flexibility index (Phi) is 5.98. The number of thiophene rings is 1. The van der Waals surface area contributed by atoms with Gasteiger partial charge in [-0.15, -0.1) is 11.3 Å². The summed E-state index contributed by atoms with van der Waals surface area (Å²) in [5.41, 5.74) is 0.963. The maximum Gasteiger partial charge on any atom is 0.250 e. The number of nitrogens with one attached hydrogen (secondary N) is 2. The second-order valence-electron chi connectivity index (χ2n) is 5.84. The van der Waals surface area contributed by atoms with Crippen molar-refractivity contribution in [3.63, 3.8) is 0 Å². The molecule has 0 radical (unpaired) electrons. The highest BCUT2D eigenvalue weighted by Crippen LogP contribution is 2.21. The number of rotatable bonds is 7. The van der Waals surface area contributed by atoms with Gasteiger partial charge in [-0.25, -0.2) is 13.1 Å². The Morgan fingerprint density at radius 3 is 2.58 bits per heavy atom. The zero-order valence-electron chi connectivity index (χ0n) is 12.1. The first-order chi connectivity index (χ1) is 8.74. The minimum atomic E-state index is -3.36. The molecule has 4 nitrogen and oxygen atoms in total. The molecule has 0 aliphatic rings. The molecule has 0 saturated heterocycles. The smallest absolute Gasteiger partial charge is 0.250 e. The van der Waals surface area contributed by atoms with Gasteiger partial charge in [-0.1, -0.05) is 27.7 Å². The standard InChI is InChI=1S/C13H24N2O2S2/c1-5-6-14-8-11-7-12(18-9-11)19(16,17)15-10-13(2,3)4/h7,9,14-15H,5-6,8,10H2,1-4H3. The van der Waals surface area contributed by atoms with E-state index in [1.807, 2.05) is 26.2 Å². The van der Waals surface area contributed by atoms with E-state index in [1.54, 1.807) is 6.07 Å². The fourth-order valence-corrected chi connectivity index (χ4v) is 3.92. The monoisotopic (exact) mass is 304 g/mol. The normalized spacial score (nSPS) is 12.8. The summed E-state index contributed by atoms with van der Waals surface area (Å²) in [6.45, 7) is 10.2. The van der Waals surface area contributed by atoms with Crippen LogP contribution in [0, 0.1) is 5.41 Å². The van der Waals surface area contributed by atoms with Crippen LogP contribution in [0.5, 0.6) is 0 Å². The van der Waals surface area contributed by atoms with E-state index < -0.39 is 10.0 Å². The van der Waals surface area contributed by atoms with Gasteiger partial charge < -0.3 is 5.32 Å². The van der Waals surface area contributed by atoms with E-state index in [1.165, 1.54) is 11.3 Å². The van der Waals surface area contributed by atoms with Gasteiger partial charge in [0.15, 0.2) is 0 Å². The second kappa shape index (κ2) is 6.83. The Labute approximate surface area is 120 Å². The average molecular weight is 304 g/mol. The van der Waals surface area contributed by atoms with Crippen LogP contribution in [-0.4, -0.2) is 21.5 Å². The lowest BCUT2D eigenvalue weighted by molar-refractivity contribution is 0.408. The molecule has 1 heterocycles. The van der Waals surface area contributed by atoms with Crippen LogP contribution in [0.2, 0.25) is 0 Å². The van der Waals surface area contributed by atoms with Crippen LogP contribution in [0.3, 0.4) is 0 Å². The molecule has 1 aromatic rings. The van der Waals surface area contributed by atoms with E-state index in [2.05, 4.69) is 17.0 Å². The average Bonchev–Trinajstić information content (AvgIpc) is 2.76. The van der Waals surface area contributed by atoms with Crippen molar-refractivity contribution in [1.82, 2.24) is 10.0 Å². The van der Waals surface area contributed by atoms with Crippen LogP contribution in [-0.2, 0) is 16.6 Å². The fourth-order valence-electron chi connectivity index (χ4n) is 1.38. The van der Waals surface area contributed by atoms with Gasteiger partial charge in [0.25, 0.3) is 0 Å². The Bertz CT molecular complexity index is 487.